The summed E-state index contributed by atoms with van der Waals surface area (Å²) in [7, 11) is 0. The second kappa shape index (κ2) is 7.18. The van der Waals surface area contributed by atoms with Gasteiger partial charge in [0.1, 0.15) is 0 Å². The molecule has 0 aliphatic carbocycles. The van der Waals surface area contributed by atoms with E-state index in [4.69, 9.17) is 4.74 Å². The SMILES string of the molecule is O=C(C1CCCOC1)N(Cc1ccccc1)c1ccncc1. The van der Waals surface area contributed by atoms with Gasteiger partial charge in [-0.05, 0) is 30.5 Å². The Morgan fingerprint density at radius 1 is 1.18 bits per heavy atom. The number of pyridine rings is 1. The van der Waals surface area contributed by atoms with E-state index in [-0.39, 0.29) is 11.8 Å². The van der Waals surface area contributed by atoms with Crippen molar-refractivity contribution in [3.63, 3.8) is 0 Å². The second-order valence-corrected chi connectivity index (χ2v) is 5.53. The standard InChI is InChI=1S/C18H20N2O2/c21-18(16-7-4-12-22-14-16)20(17-8-10-19-11-9-17)13-15-5-2-1-3-6-15/h1-3,5-6,8-11,16H,4,7,12-14H2. The number of hydrogen-bond donors (Lipinski definition) is 0. The summed E-state index contributed by atoms with van der Waals surface area (Å²) in [4.78, 5) is 18.8. The Bertz CT molecular complexity index is 595. The first-order chi connectivity index (χ1) is 10.8. The van der Waals surface area contributed by atoms with E-state index >= 15 is 0 Å². The topological polar surface area (TPSA) is 42.4 Å². The molecular weight excluding hydrogens is 276 g/mol. The number of aromatic nitrogens is 1. The predicted molar refractivity (Wildman–Crippen MR) is 85.4 cm³/mol. The number of hydrogen-bond acceptors (Lipinski definition) is 3. The van der Waals surface area contributed by atoms with E-state index in [0.29, 0.717) is 13.2 Å². The van der Waals surface area contributed by atoms with Crippen LogP contribution in [0.2, 0.25) is 0 Å². The van der Waals surface area contributed by atoms with E-state index in [1.54, 1.807) is 12.4 Å². The first kappa shape index (κ1) is 14.7. The molecular formula is C18H20N2O2. The highest BCUT2D eigenvalue weighted by Gasteiger charge is 2.27. The van der Waals surface area contributed by atoms with Gasteiger partial charge in [0.25, 0.3) is 0 Å². The third-order valence-electron chi connectivity index (χ3n) is 3.93. The minimum absolute atomic E-state index is 0.0503. The Hall–Kier alpha value is -2.20. The summed E-state index contributed by atoms with van der Waals surface area (Å²) in [5.74, 6) is 0.0837. The van der Waals surface area contributed by atoms with Crippen LogP contribution in [0.1, 0.15) is 18.4 Å². The lowest BCUT2D eigenvalue weighted by atomic mass is 10.00. The molecule has 1 atom stereocenters. The fourth-order valence-electron chi connectivity index (χ4n) is 2.74. The molecule has 0 radical (unpaired) electrons. The molecule has 1 aliphatic rings. The van der Waals surface area contributed by atoms with Crippen LogP contribution in [-0.2, 0) is 16.1 Å². The Morgan fingerprint density at radius 3 is 2.64 bits per heavy atom. The third-order valence-corrected chi connectivity index (χ3v) is 3.93. The van der Waals surface area contributed by atoms with Crippen LogP contribution >= 0.6 is 0 Å². The minimum Gasteiger partial charge on any atom is -0.381 e. The molecule has 22 heavy (non-hydrogen) atoms. The Labute approximate surface area is 130 Å². The number of anilines is 1. The molecule has 1 unspecified atom stereocenters. The Balaban J connectivity index is 1.84. The van der Waals surface area contributed by atoms with Gasteiger partial charge < -0.3 is 9.64 Å². The molecule has 114 valence electrons. The quantitative estimate of drug-likeness (QED) is 0.871. The first-order valence-corrected chi connectivity index (χ1v) is 7.67. The van der Waals surface area contributed by atoms with E-state index in [0.717, 1.165) is 30.7 Å². The molecule has 1 aromatic heterocycles. The molecule has 0 spiro atoms. The maximum atomic E-state index is 12.9. The summed E-state index contributed by atoms with van der Waals surface area (Å²) >= 11 is 0. The van der Waals surface area contributed by atoms with Crippen molar-refractivity contribution < 1.29 is 9.53 Å². The molecule has 2 aromatic rings. The van der Waals surface area contributed by atoms with Gasteiger partial charge in [0.05, 0.1) is 19.1 Å². The number of rotatable bonds is 4. The lowest BCUT2D eigenvalue weighted by molar-refractivity contribution is -0.126. The summed E-state index contributed by atoms with van der Waals surface area (Å²) < 4.78 is 5.48. The maximum absolute atomic E-state index is 12.9. The molecule has 1 aromatic carbocycles. The van der Waals surface area contributed by atoms with Crippen molar-refractivity contribution in [3.8, 4) is 0 Å². The molecule has 0 saturated carbocycles. The van der Waals surface area contributed by atoms with Gasteiger partial charge in [0.15, 0.2) is 0 Å². The highest BCUT2D eigenvalue weighted by molar-refractivity contribution is 5.95. The van der Waals surface area contributed by atoms with Gasteiger partial charge in [-0.25, -0.2) is 0 Å². The van der Waals surface area contributed by atoms with E-state index in [2.05, 4.69) is 4.98 Å². The summed E-state index contributed by atoms with van der Waals surface area (Å²) in [6.07, 6.45) is 5.29. The minimum atomic E-state index is -0.0503. The predicted octanol–water partition coefficient (Wildman–Crippen LogP) is 3.04. The smallest absolute Gasteiger partial charge is 0.232 e. The van der Waals surface area contributed by atoms with Crippen LogP contribution in [0.25, 0.3) is 0 Å². The highest BCUT2D eigenvalue weighted by Crippen LogP contribution is 2.23. The maximum Gasteiger partial charge on any atom is 0.232 e. The van der Waals surface area contributed by atoms with E-state index in [1.165, 1.54) is 0 Å². The van der Waals surface area contributed by atoms with Crippen molar-refractivity contribution in [2.45, 2.75) is 19.4 Å². The molecule has 1 amide bonds. The average Bonchev–Trinajstić information content (AvgIpc) is 2.61. The summed E-state index contributed by atoms with van der Waals surface area (Å²) in [5, 5.41) is 0. The van der Waals surface area contributed by atoms with Crippen LogP contribution in [0.5, 0.6) is 0 Å². The first-order valence-electron chi connectivity index (χ1n) is 7.67. The van der Waals surface area contributed by atoms with Gasteiger partial charge in [-0.3, -0.25) is 9.78 Å². The molecule has 1 fully saturated rings. The van der Waals surface area contributed by atoms with Crippen molar-refractivity contribution >= 4 is 11.6 Å². The summed E-state index contributed by atoms with van der Waals surface area (Å²) in [6, 6.07) is 13.8. The van der Waals surface area contributed by atoms with Crippen LogP contribution < -0.4 is 4.90 Å². The second-order valence-electron chi connectivity index (χ2n) is 5.53. The van der Waals surface area contributed by atoms with Gasteiger partial charge in [-0.2, -0.15) is 0 Å². The van der Waals surface area contributed by atoms with Crippen molar-refractivity contribution in [1.29, 1.82) is 0 Å². The van der Waals surface area contributed by atoms with Crippen LogP contribution in [-0.4, -0.2) is 24.1 Å². The number of amides is 1. The molecule has 0 N–H and O–H groups in total. The fraction of sp³-hybridized carbons (Fsp3) is 0.333. The Kier molecular flexibility index (Phi) is 4.81. The number of carbonyl (C=O) groups excluding carboxylic acids is 1. The largest absolute Gasteiger partial charge is 0.381 e. The Morgan fingerprint density at radius 2 is 1.95 bits per heavy atom. The van der Waals surface area contributed by atoms with Crippen molar-refractivity contribution in [3.05, 3.63) is 60.4 Å². The van der Waals surface area contributed by atoms with Crippen LogP contribution in [0.15, 0.2) is 54.9 Å². The van der Waals surface area contributed by atoms with E-state index < -0.39 is 0 Å². The zero-order valence-corrected chi connectivity index (χ0v) is 12.5. The zero-order chi connectivity index (χ0) is 15.2. The summed E-state index contributed by atoms with van der Waals surface area (Å²) in [6.45, 7) is 1.85. The highest BCUT2D eigenvalue weighted by atomic mass is 16.5. The van der Waals surface area contributed by atoms with Gasteiger partial charge in [-0.15, -0.1) is 0 Å². The lowest BCUT2D eigenvalue weighted by Gasteiger charge is -2.29. The summed E-state index contributed by atoms with van der Waals surface area (Å²) in [5.41, 5.74) is 2.00. The van der Waals surface area contributed by atoms with Crippen molar-refractivity contribution in [1.82, 2.24) is 4.98 Å². The van der Waals surface area contributed by atoms with Crippen LogP contribution in [0, 0.1) is 5.92 Å². The van der Waals surface area contributed by atoms with E-state index in [9.17, 15) is 4.79 Å². The van der Waals surface area contributed by atoms with Gasteiger partial charge in [0.2, 0.25) is 5.91 Å². The van der Waals surface area contributed by atoms with Gasteiger partial charge >= 0.3 is 0 Å². The lowest BCUT2D eigenvalue weighted by Crippen LogP contribution is -2.39. The van der Waals surface area contributed by atoms with E-state index in [1.807, 2.05) is 47.4 Å². The molecule has 1 saturated heterocycles. The van der Waals surface area contributed by atoms with Crippen molar-refractivity contribution in [2.75, 3.05) is 18.1 Å². The number of ether oxygens (including phenoxy) is 1. The monoisotopic (exact) mass is 296 g/mol. The molecule has 4 nitrogen and oxygen atoms in total. The normalized spacial score (nSPS) is 17.9. The number of carbonyl (C=O) groups is 1. The zero-order valence-electron chi connectivity index (χ0n) is 12.5. The third kappa shape index (κ3) is 3.52. The van der Waals surface area contributed by atoms with Gasteiger partial charge in [-0.1, -0.05) is 30.3 Å². The molecule has 3 rings (SSSR count). The fourth-order valence-corrected chi connectivity index (χ4v) is 2.74. The molecule has 2 heterocycles. The molecule has 1 aliphatic heterocycles. The number of benzene rings is 1. The van der Waals surface area contributed by atoms with Gasteiger partial charge in [0, 0.05) is 24.7 Å². The van der Waals surface area contributed by atoms with Crippen molar-refractivity contribution in [2.24, 2.45) is 5.92 Å². The number of nitrogens with zero attached hydrogens (tertiary/aromatic N) is 2. The molecule has 0 bridgehead atoms. The molecule has 4 heteroatoms. The van der Waals surface area contributed by atoms with Crippen LogP contribution in [0.4, 0.5) is 5.69 Å². The van der Waals surface area contributed by atoms with Crippen LogP contribution in [0.3, 0.4) is 0 Å². The average molecular weight is 296 g/mol.